The van der Waals surface area contributed by atoms with Gasteiger partial charge in [0.1, 0.15) is 6.04 Å². The van der Waals surface area contributed by atoms with Crippen molar-refractivity contribution in [3.8, 4) is 0 Å². The van der Waals surface area contributed by atoms with E-state index in [0.717, 1.165) is 4.90 Å². The van der Waals surface area contributed by atoms with Crippen LogP contribution in [0.4, 0.5) is 10.6 Å². The molecule has 16 heavy (non-hydrogen) atoms. The molecule has 1 aliphatic rings. The van der Waals surface area contributed by atoms with Crippen molar-refractivity contribution in [3.63, 3.8) is 0 Å². The minimum absolute atomic E-state index is 0.324. The molecule has 1 aromatic rings. The maximum absolute atomic E-state index is 11.6. The van der Waals surface area contributed by atoms with Crippen LogP contribution in [0.25, 0.3) is 0 Å². The summed E-state index contributed by atoms with van der Waals surface area (Å²) in [6, 6.07) is -0.612. The summed E-state index contributed by atoms with van der Waals surface area (Å²) in [6.45, 7) is 0.397. The third-order valence-corrected chi connectivity index (χ3v) is 2.38. The van der Waals surface area contributed by atoms with E-state index in [4.69, 9.17) is 5.11 Å². The zero-order valence-corrected chi connectivity index (χ0v) is 8.33. The number of nitrogens with zero attached hydrogens (tertiary/aromatic N) is 3. The summed E-state index contributed by atoms with van der Waals surface area (Å²) in [5.41, 5.74) is 0. The lowest BCUT2D eigenvalue weighted by atomic mass is 10.0. The second-order valence-corrected chi connectivity index (χ2v) is 3.36. The molecule has 0 radical (unpaired) electrons. The van der Waals surface area contributed by atoms with Gasteiger partial charge in [-0.25, -0.2) is 9.78 Å². The van der Waals surface area contributed by atoms with Crippen LogP contribution in [0.15, 0.2) is 18.6 Å². The van der Waals surface area contributed by atoms with E-state index < -0.39 is 12.1 Å². The molecule has 1 unspecified atom stereocenters. The summed E-state index contributed by atoms with van der Waals surface area (Å²) in [6.07, 6.45) is 3.80. The predicted octanol–water partition coefficient (Wildman–Crippen LogP) is 0.167. The highest BCUT2D eigenvalue weighted by Gasteiger charge is 2.37. The van der Waals surface area contributed by atoms with Gasteiger partial charge in [0.2, 0.25) is 5.91 Å². The SMILES string of the molecule is O=C(Nc1cnccn1)C1CCN1C(=O)O. The van der Waals surface area contributed by atoms with Crippen LogP contribution in [0.2, 0.25) is 0 Å². The first-order valence-electron chi connectivity index (χ1n) is 4.75. The highest BCUT2D eigenvalue weighted by molar-refractivity contribution is 5.96. The molecular formula is C9H10N4O3. The lowest BCUT2D eigenvalue weighted by molar-refractivity contribution is -0.124. The van der Waals surface area contributed by atoms with Crippen LogP contribution in [-0.4, -0.2) is 44.6 Å². The molecule has 0 saturated carbocycles. The number of hydrogen-bond acceptors (Lipinski definition) is 4. The molecule has 1 saturated heterocycles. The van der Waals surface area contributed by atoms with Crippen LogP contribution < -0.4 is 5.32 Å². The van der Waals surface area contributed by atoms with Crippen LogP contribution in [0, 0.1) is 0 Å². The molecule has 0 spiro atoms. The van der Waals surface area contributed by atoms with Crippen LogP contribution in [0.5, 0.6) is 0 Å². The van der Waals surface area contributed by atoms with Gasteiger partial charge in [0.25, 0.3) is 0 Å². The first kappa shape index (κ1) is 10.3. The Balaban J connectivity index is 1.97. The van der Waals surface area contributed by atoms with Gasteiger partial charge < -0.3 is 10.4 Å². The van der Waals surface area contributed by atoms with E-state index in [2.05, 4.69) is 15.3 Å². The van der Waals surface area contributed by atoms with E-state index in [1.807, 2.05) is 0 Å². The molecule has 1 aromatic heterocycles. The summed E-state index contributed by atoms with van der Waals surface area (Å²) in [4.78, 5) is 31.0. The summed E-state index contributed by atoms with van der Waals surface area (Å²) >= 11 is 0. The van der Waals surface area contributed by atoms with Crippen molar-refractivity contribution in [1.82, 2.24) is 14.9 Å². The average Bonchev–Trinajstić information content (AvgIpc) is 2.16. The number of nitrogens with one attached hydrogen (secondary N) is 1. The zero-order chi connectivity index (χ0) is 11.5. The maximum Gasteiger partial charge on any atom is 0.407 e. The first-order chi connectivity index (χ1) is 7.68. The van der Waals surface area contributed by atoms with E-state index in [1.165, 1.54) is 18.6 Å². The molecule has 1 fully saturated rings. The van der Waals surface area contributed by atoms with Gasteiger partial charge in [-0.3, -0.25) is 14.7 Å². The fraction of sp³-hybridized carbons (Fsp3) is 0.333. The minimum Gasteiger partial charge on any atom is -0.465 e. The van der Waals surface area contributed by atoms with Gasteiger partial charge in [-0.2, -0.15) is 0 Å². The van der Waals surface area contributed by atoms with Gasteiger partial charge >= 0.3 is 6.09 Å². The Morgan fingerprint density at radius 1 is 1.50 bits per heavy atom. The van der Waals surface area contributed by atoms with Crippen LogP contribution >= 0.6 is 0 Å². The summed E-state index contributed by atoms with van der Waals surface area (Å²) in [5, 5.41) is 11.2. The molecule has 2 rings (SSSR count). The fourth-order valence-corrected chi connectivity index (χ4v) is 1.46. The molecule has 0 aromatic carbocycles. The monoisotopic (exact) mass is 222 g/mol. The third kappa shape index (κ3) is 1.92. The first-order valence-corrected chi connectivity index (χ1v) is 4.75. The standard InChI is InChI=1S/C9H10N4O3/c14-8(6-1-4-13(6)9(15)16)12-7-5-10-2-3-11-7/h2-3,5-6H,1,4H2,(H,15,16)(H,11,12,14). The number of aromatic nitrogens is 2. The highest BCUT2D eigenvalue weighted by atomic mass is 16.4. The summed E-state index contributed by atoms with van der Waals surface area (Å²) in [5.74, 6) is -0.0427. The van der Waals surface area contributed by atoms with Crippen molar-refractivity contribution >= 4 is 17.8 Å². The van der Waals surface area contributed by atoms with Crippen molar-refractivity contribution in [3.05, 3.63) is 18.6 Å². The minimum atomic E-state index is -1.08. The molecule has 2 amide bonds. The van der Waals surface area contributed by atoms with Crippen molar-refractivity contribution in [2.45, 2.75) is 12.5 Å². The van der Waals surface area contributed by atoms with E-state index in [-0.39, 0.29) is 5.91 Å². The van der Waals surface area contributed by atoms with Crippen LogP contribution in [0.1, 0.15) is 6.42 Å². The van der Waals surface area contributed by atoms with E-state index in [1.54, 1.807) is 0 Å². The highest BCUT2D eigenvalue weighted by Crippen LogP contribution is 2.18. The zero-order valence-electron chi connectivity index (χ0n) is 8.33. The fourth-order valence-electron chi connectivity index (χ4n) is 1.46. The summed E-state index contributed by atoms with van der Waals surface area (Å²) in [7, 11) is 0. The van der Waals surface area contributed by atoms with Crippen molar-refractivity contribution in [2.75, 3.05) is 11.9 Å². The molecule has 2 heterocycles. The molecule has 0 aliphatic carbocycles. The Labute approximate surface area is 91.1 Å². The Hall–Kier alpha value is -2.18. The molecule has 2 N–H and O–H groups in total. The van der Waals surface area contributed by atoms with Crippen LogP contribution in [-0.2, 0) is 4.79 Å². The Morgan fingerprint density at radius 3 is 2.81 bits per heavy atom. The molecule has 7 nitrogen and oxygen atoms in total. The molecule has 1 aliphatic heterocycles. The topological polar surface area (TPSA) is 95.4 Å². The number of carbonyl (C=O) groups excluding carboxylic acids is 1. The normalized spacial score (nSPS) is 18.8. The van der Waals surface area contributed by atoms with E-state index in [0.29, 0.717) is 18.8 Å². The second-order valence-electron chi connectivity index (χ2n) is 3.36. The number of hydrogen-bond donors (Lipinski definition) is 2. The third-order valence-electron chi connectivity index (χ3n) is 2.38. The number of anilines is 1. The summed E-state index contributed by atoms with van der Waals surface area (Å²) < 4.78 is 0. The molecule has 0 bridgehead atoms. The number of amides is 2. The van der Waals surface area contributed by atoms with Gasteiger partial charge in [-0.1, -0.05) is 0 Å². The van der Waals surface area contributed by atoms with E-state index in [9.17, 15) is 9.59 Å². The molecule has 1 atom stereocenters. The van der Waals surface area contributed by atoms with E-state index >= 15 is 0 Å². The van der Waals surface area contributed by atoms with Crippen molar-refractivity contribution < 1.29 is 14.7 Å². The average molecular weight is 222 g/mol. The Bertz CT molecular complexity index is 408. The van der Waals surface area contributed by atoms with Gasteiger partial charge in [0.15, 0.2) is 5.82 Å². The Kier molecular flexibility index (Phi) is 2.67. The number of carbonyl (C=O) groups is 2. The van der Waals surface area contributed by atoms with Gasteiger partial charge in [0.05, 0.1) is 6.20 Å². The lowest BCUT2D eigenvalue weighted by Gasteiger charge is -2.37. The number of rotatable bonds is 2. The maximum atomic E-state index is 11.6. The Morgan fingerprint density at radius 2 is 2.31 bits per heavy atom. The van der Waals surface area contributed by atoms with Gasteiger partial charge in [-0.05, 0) is 6.42 Å². The van der Waals surface area contributed by atoms with Crippen molar-refractivity contribution in [1.29, 1.82) is 0 Å². The quantitative estimate of drug-likeness (QED) is 0.743. The largest absolute Gasteiger partial charge is 0.465 e. The number of likely N-dealkylation sites (tertiary alicyclic amines) is 1. The second kappa shape index (κ2) is 4.13. The van der Waals surface area contributed by atoms with Gasteiger partial charge in [-0.15, -0.1) is 0 Å². The van der Waals surface area contributed by atoms with Crippen molar-refractivity contribution in [2.24, 2.45) is 0 Å². The molecule has 84 valence electrons. The number of carboxylic acid groups (broad SMARTS) is 1. The predicted molar refractivity (Wildman–Crippen MR) is 53.8 cm³/mol. The molecular weight excluding hydrogens is 212 g/mol. The van der Waals surface area contributed by atoms with Crippen LogP contribution in [0.3, 0.4) is 0 Å². The van der Waals surface area contributed by atoms with Gasteiger partial charge in [0, 0.05) is 18.9 Å². The smallest absolute Gasteiger partial charge is 0.407 e. The molecule has 7 heteroatoms. The lowest BCUT2D eigenvalue weighted by Crippen LogP contribution is -2.56.